The number of nitro groups is 1. The highest BCUT2D eigenvalue weighted by molar-refractivity contribution is 9.10. The van der Waals surface area contributed by atoms with Crippen LogP contribution < -0.4 is 15.5 Å². The molecule has 0 atom stereocenters. The van der Waals surface area contributed by atoms with Crippen LogP contribution in [0.4, 0.5) is 17.1 Å². The largest absolute Gasteiger partial charge is 0.378 e. The number of carbonyl (C=O) groups excluding carboxylic acids is 1. The lowest BCUT2D eigenvalue weighted by Crippen LogP contribution is -2.39. The van der Waals surface area contributed by atoms with Gasteiger partial charge >= 0.3 is 0 Å². The molecule has 1 amide bonds. The summed E-state index contributed by atoms with van der Waals surface area (Å²) in [7, 11) is 0. The monoisotopic (exact) mass is 478 g/mol. The van der Waals surface area contributed by atoms with Crippen molar-refractivity contribution in [1.29, 1.82) is 0 Å². The first-order chi connectivity index (χ1) is 13.8. The lowest BCUT2D eigenvalue weighted by molar-refractivity contribution is -0.384. The number of morpholine rings is 1. The van der Waals surface area contributed by atoms with Gasteiger partial charge in [-0.2, -0.15) is 0 Å². The summed E-state index contributed by atoms with van der Waals surface area (Å²) >= 11 is 8.67. The molecule has 1 aliphatic rings. The predicted octanol–water partition coefficient (Wildman–Crippen LogP) is 3.63. The summed E-state index contributed by atoms with van der Waals surface area (Å²) in [5.74, 6) is -0.512. The molecule has 2 aromatic carbocycles. The van der Waals surface area contributed by atoms with E-state index >= 15 is 0 Å². The van der Waals surface area contributed by atoms with Gasteiger partial charge in [0.2, 0.25) is 0 Å². The zero-order chi connectivity index (χ0) is 21.0. The van der Waals surface area contributed by atoms with E-state index in [-0.39, 0.29) is 16.4 Å². The van der Waals surface area contributed by atoms with Gasteiger partial charge in [0, 0.05) is 35.4 Å². The smallest absolute Gasteiger partial charge is 0.270 e. The van der Waals surface area contributed by atoms with Gasteiger partial charge in [0.25, 0.3) is 11.6 Å². The molecule has 8 nitrogen and oxygen atoms in total. The van der Waals surface area contributed by atoms with Crippen LogP contribution in [0.2, 0.25) is 0 Å². The van der Waals surface area contributed by atoms with Crippen molar-refractivity contribution in [3.05, 3.63) is 62.1 Å². The van der Waals surface area contributed by atoms with E-state index < -0.39 is 10.8 Å². The fourth-order valence-corrected chi connectivity index (χ4v) is 3.67. The molecule has 1 saturated heterocycles. The highest BCUT2D eigenvalue weighted by Gasteiger charge is 2.22. The van der Waals surface area contributed by atoms with Crippen molar-refractivity contribution in [2.45, 2.75) is 6.92 Å². The first kappa shape index (κ1) is 21.2. The molecule has 0 radical (unpaired) electrons. The van der Waals surface area contributed by atoms with Gasteiger partial charge in [0.05, 0.1) is 29.4 Å². The van der Waals surface area contributed by atoms with Gasteiger partial charge in [-0.1, -0.05) is 15.9 Å². The second-order valence-corrected chi connectivity index (χ2v) is 7.75. The van der Waals surface area contributed by atoms with E-state index in [1.165, 1.54) is 12.1 Å². The molecule has 152 valence electrons. The number of hydrogen-bond donors (Lipinski definition) is 2. The van der Waals surface area contributed by atoms with E-state index in [0.29, 0.717) is 32.0 Å². The molecule has 0 saturated carbocycles. The molecule has 0 bridgehead atoms. The second-order valence-electron chi connectivity index (χ2n) is 6.43. The first-order valence-corrected chi connectivity index (χ1v) is 10.0. The highest BCUT2D eigenvalue weighted by Crippen LogP contribution is 2.26. The van der Waals surface area contributed by atoms with E-state index in [1.54, 1.807) is 6.07 Å². The first-order valence-electron chi connectivity index (χ1n) is 8.85. The van der Waals surface area contributed by atoms with Gasteiger partial charge < -0.3 is 15.0 Å². The fourth-order valence-electron chi connectivity index (χ4n) is 2.99. The summed E-state index contributed by atoms with van der Waals surface area (Å²) in [6.45, 7) is 4.16. The number of amides is 1. The summed E-state index contributed by atoms with van der Waals surface area (Å²) < 4.78 is 6.28. The molecule has 1 fully saturated rings. The molecule has 0 aromatic heterocycles. The van der Waals surface area contributed by atoms with Crippen LogP contribution in [0.1, 0.15) is 15.9 Å². The molecular formula is C19H19BrN4O4S. The highest BCUT2D eigenvalue weighted by atomic mass is 79.9. The maximum atomic E-state index is 12.9. The fraction of sp³-hybridized carbons (Fsp3) is 0.263. The number of thiocarbonyl (C=S) groups is 1. The molecule has 2 N–H and O–H groups in total. The van der Waals surface area contributed by atoms with Crippen LogP contribution >= 0.6 is 28.1 Å². The zero-order valence-electron chi connectivity index (χ0n) is 15.6. The quantitative estimate of drug-likeness (QED) is 0.393. The Morgan fingerprint density at radius 2 is 1.97 bits per heavy atom. The van der Waals surface area contributed by atoms with E-state index in [2.05, 4.69) is 26.6 Å². The molecular weight excluding hydrogens is 460 g/mol. The number of nitro benzene ring substituents is 1. The van der Waals surface area contributed by atoms with Gasteiger partial charge in [-0.25, -0.2) is 0 Å². The maximum absolute atomic E-state index is 12.9. The van der Waals surface area contributed by atoms with Crippen molar-refractivity contribution in [3.8, 4) is 0 Å². The summed E-state index contributed by atoms with van der Waals surface area (Å²) in [4.78, 5) is 25.5. The maximum Gasteiger partial charge on any atom is 0.270 e. The third-order valence-corrected chi connectivity index (χ3v) is 5.15. The molecule has 0 unspecified atom stereocenters. The number of benzene rings is 2. The zero-order valence-corrected chi connectivity index (χ0v) is 18.0. The predicted molar refractivity (Wildman–Crippen MR) is 119 cm³/mol. The molecule has 0 aliphatic carbocycles. The van der Waals surface area contributed by atoms with E-state index in [4.69, 9.17) is 17.0 Å². The SMILES string of the molecule is Cc1cc(Br)ccc1NC(=S)NC(=O)c1cc([N+](=O)[O-])ccc1N1CCOCC1. The molecule has 3 rings (SSSR count). The molecule has 10 heteroatoms. The number of anilines is 2. The topological polar surface area (TPSA) is 96.7 Å². The Bertz CT molecular complexity index is 963. The minimum Gasteiger partial charge on any atom is -0.378 e. The number of halogens is 1. The van der Waals surface area contributed by atoms with Crippen molar-refractivity contribution < 1.29 is 14.5 Å². The van der Waals surface area contributed by atoms with Gasteiger partial charge in [-0.3, -0.25) is 20.2 Å². The normalized spacial score (nSPS) is 13.7. The number of non-ortho nitro benzene ring substituents is 1. The number of rotatable bonds is 4. The number of nitrogens with one attached hydrogen (secondary N) is 2. The van der Waals surface area contributed by atoms with Crippen molar-refractivity contribution in [2.24, 2.45) is 0 Å². The molecule has 0 spiro atoms. The number of carbonyl (C=O) groups is 1. The molecule has 1 aliphatic heterocycles. The van der Waals surface area contributed by atoms with Crippen LogP contribution in [0, 0.1) is 17.0 Å². The summed E-state index contributed by atoms with van der Waals surface area (Å²) in [5, 5.41) is 16.9. The van der Waals surface area contributed by atoms with Gasteiger partial charge in [0.15, 0.2) is 5.11 Å². The van der Waals surface area contributed by atoms with Crippen LogP contribution in [0.5, 0.6) is 0 Å². The third kappa shape index (κ3) is 5.28. The third-order valence-electron chi connectivity index (χ3n) is 4.45. The Hall–Kier alpha value is -2.56. The van der Waals surface area contributed by atoms with Gasteiger partial charge in [-0.15, -0.1) is 0 Å². The van der Waals surface area contributed by atoms with Crippen LogP contribution in [-0.2, 0) is 4.74 Å². The van der Waals surface area contributed by atoms with Crippen LogP contribution in [-0.4, -0.2) is 42.2 Å². The van der Waals surface area contributed by atoms with Crippen molar-refractivity contribution in [1.82, 2.24) is 5.32 Å². The van der Waals surface area contributed by atoms with Crippen LogP contribution in [0.15, 0.2) is 40.9 Å². The van der Waals surface area contributed by atoms with Crippen molar-refractivity contribution in [2.75, 3.05) is 36.5 Å². The average molecular weight is 479 g/mol. The van der Waals surface area contributed by atoms with E-state index in [1.807, 2.05) is 30.0 Å². The van der Waals surface area contributed by atoms with Gasteiger partial charge in [0.1, 0.15) is 0 Å². The summed E-state index contributed by atoms with van der Waals surface area (Å²) in [6, 6.07) is 9.87. The Balaban J connectivity index is 1.81. The Labute approximate surface area is 181 Å². The average Bonchev–Trinajstić information content (AvgIpc) is 2.70. The van der Waals surface area contributed by atoms with E-state index in [0.717, 1.165) is 15.7 Å². The second kappa shape index (κ2) is 9.29. The Kier molecular flexibility index (Phi) is 6.78. The summed E-state index contributed by atoms with van der Waals surface area (Å²) in [5.41, 5.74) is 2.35. The van der Waals surface area contributed by atoms with Crippen LogP contribution in [0.3, 0.4) is 0 Å². The molecule has 29 heavy (non-hydrogen) atoms. The Morgan fingerprint density at radius 1 is 1.24 bits per heavy atom. The van der Waals surface area contributed by atoms with Crippen LogP contribution in [0.25, 0.3) is 0 Å². The van der Waals surface area contributed by atoms with Gasteiger partial charge in [-0.05, 0) is 49.0 Å². The summed E-state index contributed by atoms with van der Waals surface area (Å²) in [6.07, 6.45) is 0. The lowest BCUT2D eigenvalue weighted by Gasteiger charge is -2.30. The lowest BCUT2D eigenvalue weighted by atomic mass is 10.1. The van der Waals surface area contributed by atoms with Crippen molar-refractivity contribution in [3.63, 3.8) is 0 Å². The molecule has 1 heterocycles. The number of nitrogens with zero attached hydrogens (tertiary/aromatic N) is 2. The van der Waals surface area contributed by atoms with E-state index in [9.17, 15) is 14.9 Å². The Morgan fingerprint density at radius 3 is 2.62 bits per heavy atom. The minimum absolute atomic E-state index is 0.111. The molecule has 2 aromatic rings. The standard InChI is InChI=1S/C19H19BrN4O4S/c1-12-10-13(20)2-4-16(12)21-19(29)22-18(25)15-11-14(24(26)27)3-5-17(15)23-6-8-28-9-7-23/h2-5,10-11H,6-9H2,1H3,(H2,21,22,25,29). The number of aryl methyl sites for hydroxylation is 1. The minimum atomic E-state index is -0.526. The number of ether oxygens (including phenoxy) is 1. The number of hydrogen-bond acceptors (Lipinski definition) is 6. The van der Waals surface area contributed by atoms with Crippen molar-refractivity contribution >= 4 is 56.2 Å².